The normalized spacial score (nSPS) is 19.4. The van der Waals surface area contributed by atoms with E-state index in [0.29, 0.717) is 0 Å². The molecule has 1 saturated carbocycles. The summed E-state index contributed by atoms with van der Waals surface area (Å²) in [5.41, 5.74) is 5.86. The van der Waals surface area contributed by atoms with Crippen molar-refractivity contribution >= 4 is 18.3 Å². The van der Waals surface area contributed by atoms with Crippen LogP contribution in [-0.2, 0) is 4.79 Å². The Morgan fingerprint density at radius 2 is 1.84 bits per heavy atom. The average Bonchev–Trinajstić information content (AvgIpc) is 2.37. The highest BCUT2D eigenvalue weighted by Gasteiger charge is 2.25. The zero-order valence-electron chi connectivity index (χ0n) is 12.7. The Labute approximate surface area is 124 Å². The summed E-state index contributed by atoms with van der Waals surface area (Å²) >= 11 is 0. The fourth-order valence-corrected chi connectivity index (χ4v) is 2.76. The largest absolute Gasteiger partial charge is 0.342 e. The highest BCUT2D eigenvalue weighted by Crippen LogP contribution is 2.25. The third kappa shape index (κ3) is 6.13. The molecule has 114 valence electrons. The molecule has 1 rings (SSSR count). The molecule has 1 aliphatic rings. The van der Waals surface area contributed by atoms with E-state index >= 15 is 0 Å². The van der Waals surface area contributed by atoms with Gasteiger partial charge in [0.2, 0.25) is 5.91 Å². The predicted molar refractivity (Wildman–Crippen MR) is 83.5 cm³/mol. The van der Waals surface area contributed by atoms with Crippen molar-refractivity contribution in [3.8, 4) is 0 Å². The summed E-state index contributed by atoms with van der Waals surface area (Å²) in [6.07, 6.45) is 7.65. The smallest absolute Gasteiger partial charge is 0.226 e. The van der Waals surface area contributed by atoms with Crippen LogP contribution < -0.4 is 5.73 Å². The van der Waals surface area contributed by atoms with Gasteiger partial charge in [-0.3, -0.25) is 4.79 Å². The Hall–Kier alpha value is -0.280. The van der Waals surface area contributed by atoms with Gasteiger partial charge in [0.1, 0.15) is 0 Å². The monoisotopic (exact) mass is 290 g/mol. The minimum Gasteiger partial charge on any atom is -0.342 e. The van der Waals surface area contributed by atoms with E-state index in [4.69, 9.17) is 5.73 Å². The minimum atomic E-state index is -0.0554. The fraction of sp³-hybridized carbons (Fsp3) is 0.933. The lowest BCUT2D eigenvalue weighted by Gasteiger charge is -2.32. The summed E-state index contributed by atoms with van der Waals surface area (Å²) in [6.45, 7) is 7.84. The fourth-order valence-electron chi connectivity index (χ4n) is 2.76. The summed E-state index contributed by atoms with van der Waals surface area (Å²) in [4.78, 5) is 14.5. The van der Waals surface area contributed by atoms with Crippen LogP contribution in [0.1, 0.15) is 59.3 Å². The molecule has 19 heavy (non-hydrogen) atoms. The lowest BCUT2D eigenvalue weighted by molar-refractivity contribution is -0.136. The first-order valence-electron chi connectivity index (χ1n) is 7.60. The Morgan fingerprint density at radius 1 is 1.26 bits per heavy atom. The van der Waals surface area contributed by atoms with Gasteiger partial charge in [0.15, 0.2) is 0 Å². The van der Waals surface area contributed by atoms with Crippen LogP contribution in [0.25, 0.3) is 0 Å². The maximum absolute atomic E-state index is 12.4. The molecule has 0 heterocycles. The lowest BCUT2D eigenvalue weighted by Crippen LogP contribution is -2.44. The molecule has 0 aromatic heterocycles. The molecule has 1 amide bonds. The van der Waals surface area contributed by atoms with Gasteiger partial charge in [-0.15, -0.1) is 12.4 Å². The van der Waals surface area contributed by atoms with Crippen molar-refractivity contribution in [2.75, 3.05) is 13.1 Å². The van der Waals surface area contributed by atoms with E-state index in [1.165, 1.54) is 32.1 Å². The van der Waals surface area contributed by atoms with Crippen molar-refractivity contribution in [3.05, 3.63) is 0 Å². The highest BCUT2D eigenvalue weighted by molar-refractivity contribution is 5.85. The van der Waals surface area contributed by atoms with Crippen molar-refractivity contribution in [1.82, 2.24) is 4.90 Å². The Balaban J connectivity index is 0.00000324. The van der Waals surface area contributed by atoms with Gasteiger partial charge in [-0.05, 0) is 32.1 Å². The number of nitrogens with two attached hydrogens (primary N) is 1. The Morgan fingerprint density at radius 3 is 2.32 bits per heavy atom. The van der Waals surface area contributed by atoms with Gasteiger partial charge in [0, 0.05) is 19.1 Å². The van der Waals surface area contributed by atoms with E-state index in [1.807, 2.05) is 13.8 Å². The first-order valence-corrected chi connectivity index (χ1v) is 7.60. The molecule has 0 spiro atoms. The van der Waals surface area contributed by atoms with E-state index in [2.05, 4.69) is 11.8 Å². The molecule has 0 aromatic carbocycles. The van der Waals surface area contributed by atoms with E-state index in [-0.39, 0.29) is 30.3 Å². The summed E-state index contributed by atoms with van der Waals surface area (Å²) in [5, 5.41) is 0. The van der Waals surface area contributed by atoms with Gasteiger partial charge in [-0.2, -0.15) is 0 Å². The molecule has 2 unspecified atom stereocenters. The molecule has 3 nitrogen and oxygen atoms in total. The number of carbonyl (C=O) groups is 1. The molecule has 2 N–H and O–H groups in total. The molecular weight excluding hydrogens is 260 g/mol. The SMILES string of the molecule is CCCN(CC1CCCCC1)C(=O)C(C)C(C)N.Cl. The Kier molecular flexibility index (Phi) is 9.46. The van der Waals surface area contributed by atoms with Crippen LogP contribution in [0.4, 0.5) is 0 Å². The zero-order valence-corrected chi connectivity index (χ0v) is 13.5. The molecule has 0 saturated heterocycles. The van der Waals surface area contributed by atoms with E-state index in [9.17, 15) is 4.79 Å². The molecule has 4 heteroatoms. The topological polar surface area (TPSA) is 46.3 Å². The lowest BCUT2D eigenvalue weighted by atomic mass is 9.88. The second-order valence-corrected chi connectivity index (χ2v) is 5.94. The number of hydrogen-bond donors (Lipinski definition) is 1. The van der Waals surface area contributed by atoms with Crippen molar-refractivity contribution in [1.29, 1.82) is 0 Å². The molecule has 0 radical (unpaired) electrons. The summed E-state index contributed by atoms with van der Waals surface area (Å²) in [6, 6.07) is -0.0526. The van der Waals surface area contributed by atoms with Gasteiger partial charge in [0.05, 0.1) is 5.92 Å². The predicted octanol–water partition coefficient (Wildman–Crippen LogP) is 3.21. The second kappa shape index (κ2) is 9.60. The number of halogens is 1. The summed E-state index contributed by atoms with van der Waals surface area (Å²) in [5.74, 6) is 0.909. The minimum absolute atomic E-state index is 0. The van der Waals surface area contributed by atoms with Crippen LogP contribution in [0.2, 0.25) is 0 Å². The highest BCUT2D eigenvalue weighted by atomic mass is 35.5. The van der Waals surface area contributed by atoms with Gasteiger partial charge >= 0.3 is 0 Å². The van der Waals surface area contributed by atoms with E-state index in [0.717, 1.165) is 25.4 Å². The van der Waals surface area contributed by atoms with Crippen LogP contribution in [0.5, 0.6) is 0 Å². The van der Waals surface area contributed by atoms with Gasteiger partial charge < -0.3 is 10.6 Å². The van der Waals surface area contributed by atoms with Crippen molar-refractivity contribution in [3.63, 3.8) is 0 Å². The van der Waals surface area contributed by atoms with Crippen LogP contribution in [0.3, 0.4) is 0 Å². The third-order valence-corrected chi connectivity index (χ3v) is 4.19. The number of rotatable bonds is 6. The molecular formula is C15H31ClN2O. The summed E-state index contributed by atoms with van der Waals surface area (Å²) < 4.78 is 0. The van der Waals surface area contributed by atoms with E-state index in [1.54, 1.807) is 0 Å². The number of hydrogen-bond acceptors (Lipinski definition) is 2. The van der Waals surface area contributed by atoms with Crippen LogP contribution in [0.15, 0.2) is 0 Å². The maximum atomic E-state index is 12.4. The molecule has 2 atom stereocenters. The van der Waals surface area contributed by atoms with Gasteiger partial charge in [-0.25, -0.2) is 0 Å². The molecule has 0 bridgehead atoms. The zero-order chi connectivity index (χ0) is 13.5. The first-order chi connectivity index (χ1) is 8.56. The van der Waals surface area contributed by atoms with Gasteiger partial charge in [0.25, 0.3) is 0 Å². The van der Waals surface area contributed by atoms with Crippen LogP contribution in [0, 0.1) is 11.8 Å². The van der Waals surface area contributed by atoms with Crippen molar-refractivity contribution in [2.24, 2.45) is 17.6 Å². The average molecular weight is 291 g/mol. The van der Waals surface area contributed by atoms with Crippen LogP contribution >= 0.6 is 12.4 Å². The number of nitrogens with zero attached hydrogens (tertiary/aromatic N) is 1. The van der Waals surface area contributed by atoms with Crippen molar-refractivity contribution < 1.29 is 4.79 Å². The maximum Gasteiger partial charge on any atom is 0.226 e. The molecule has 1 fully saturated rings. The summed E-state index contributed by atoms with van der Waals surface area (Å²) in [7, 11) is 0. The standard InChI is InChI=1S/C15H30N2O.ClH/c1-4-10-17(15(18)12(2)13(3)16)11-14-8-6-5-7-9-14;/h12-14H,4-11,16H2,1-3H3;1H. The number of amides is 1. The second-order valence-electron chi connectivity index (χ2n) is 5.94. The molecule has 0 aromatic rings. The number of carbonyl (C=O) groups excluding carboxylic acids is 1. The molecule has 1 aliphatic carbocycles. The quantitative estimate of drug-likeness (QED) is 0.816. The first kappa shape index (κ1) is 18.7. The van der Waals surface area contributed by atoms with E-state index < -0.39 is 0 Å². The van der Waals surface area contributed by atoms with Crippen LogP contribution in [-0.4, -0.2) is 29.9 Å². The molecule has 0 aliphatic heterocycles. The Bertz CT molecular complexity index is 253. The third-order valence-electron chi connectivity index (χ3n) is 4.19. The van der Waals surface area contributed by atoms with Crippen molar-refractivity contribution in [2.45, 2.75) is 65.3 Å². The van der Waals surface area contributed by atoms with Gasteiger partial charge in [-0.1, -0.05) is 33.1 Å².